The molecular formula is C18H29N5O2. The standard InChI is InChI=1S/C18H29N5O2/c1-14-11-16(21(2)3)20-18(19-14)15-13-25-10-9-23(15)12-17(24)22-7-5-4-6-8-22/h11,15H,4-10,12-13H2,1-3H3/t15-/m1/s1. The molecule has 0 radical (unpaired) electrons. The van der Waals surface area contributed by atoms with E-state index in [4.69, 9.17) is 9.72 Å². The Morgan fingerprint density at radius 3 is 2.72 bits per heavy atom. The molecule has 7 nitrogen and oxygen atoms in total. The Morgan fingerprint density at radius 2 is 2.00 bits per heavy atom. The molecule has 3 rings (SSSR count). The number of ether oxygens (including phenoxy) is 1. The number of likely N-dealkylation sites (tertiary alicyclic amines) is 1. The minimum atomic E-state index is -0.0684. The van der Waals surface area contributed by atoms with Crippen molar-refractivity contribution in [3.63, 3.8) is 0 Å². The van der Waals surface area contributed by atoms with Crippen LogP contribution in [0.2, 0.25) is 0 Å². The van der Waals surface area contributed by atoms with Crippen LogP contribution in [0.15, 0.2) is 6.07 Å². The SMILES string of the molecule is Cc1cc(N(C)C)nc([C@H]2COCCN2CC(=O)N2CCCCC2)n1. The zero-order valence-electron chi connectivity index (χ0n) is 15.6. The molecular weight excluding hydrogens is 318 g/mol. The van der Waals surface area contributed by atoms with Crippen LogP contribution in [0.1, 0.15) is 36.8 Å². The van der Waals surface area contributed by atoms with Crippen molar-refractivity contribution in [3.8, 4) is 0 Å². The lowest BCUT2D eigenvalue weighted by molar-refractivity contribution is -0.135. The third-order valence-corrected chi connectivity index (χ3v) is 4.90. The van der Waals surface area contributed by atoms with Crippen molar-refractivity contribution in [3.05, 3.63) is 17.6 Å². The number of rotatable bonds is 4. The van der Waals surface area contributed by atoms with Gasteiger partial charge in [-0.3, -0.25) is 9.69 Å². The number of piperidine rings is 1. The van der Waals surface area contributed by atoms with Crippen LogP contribution in [0.4, 0.5) is 5.82 Å². The minimum Gasteiger partial charge on any atom is -0.378 e. The Balaban J connectivity index is 1.75. The van der Waals surface area contributed by atoms with Gasteiger partial charge in [0.1, 0.15) is 11.6 Å². The molecule has 1 amide bonds. The van der Waals surface area contributed by atoms with E-state index in [1.54, 1.807) is 0 Å². The lowest BCUT2D eigenvalue weighted by atomic mass is 10.1. The molecule has 138 valence electrons. The van der Waals surface area contributed by atoms with E-state index in [1.807, 2.05) is 36.9 Å². The van der Waals surface area contributed by atoms with E-state index in [2.05, 4.69) is 9.88 Å². The number of carbonyl (C=O) groups is 1. The topological polar surface area (TPSA) is 61.8 Å². The molecule has 2 aliphatic rings. The Hall–Kier alpha value is -1.73. The monoisotopic (exact) mass is 347 g/mol. The number of amides is 1. The second kappa shape index (κ2) is 8.10. The van der Waals surface area contributed by atoms with E-state index in [9.17, 15) is 4.79 Å². The zero-order chi connectivity index (χ0) is 17.8. The van der Waals surface area contributed by atoms with Gasteiger partial charge in [0.05, 0.1) is 25.8 Å². The third-order valence-electron chi connectivity index (χ3n) is 4.90. The number of carbonyl (C=O) groups excluding carboxylic acids is 1. The quantitative estimate of drug-likeness (QED) is 0.817. The maximum atomic E-state index is 12.7. The lowest BCUT2D eigenvalue weighted by Gasteiger charge is -2.36. The van der Waals surface area contributed by atoms with Crippen molar-refractivity contribution in [1.82, 2.24) is 19.8 Å². The predicted molar refractivity (Wildman–Crippen MR) is 96.7 cm³/mol. The maximum Gasteiger partial charge on any atom is 0.236 e. The average Bonchev–Trinajstić information content (AvgIpc) is 2.62. The number of hydrogen-bond acceptors (Lipinski definition) is 6. The average molecular weight is 347 g/mol. The van der Waals surface area contributed by atoms with E-state index in [0.717, 1.165) is 49.8 Å². The Morgan fingerprint density at radius 1 is 1.24 bits per heavy atom. The molecule has 7 heteroatoms. The van der Waals surface area contributed by atoms with Crippen LogP contribution in [0.5, 0.6) is 0 Å². The number of hydrogen-bond donors (Lipinski definition) is 0. The summed E-state index contributed by atoms with van der Waals surface area (Å²) in [5.41, 5.74) is 0.932. The fourth-order valence-corrected chi connectivity index (χ4v) is 3.43. The third kappa shape index (κ3) is 4.46. The van der Waals surface area contributed by atoms with Gasteiger partial charge in [-0.1, -0.05) is 0 Å². The highest BCUT2D eigenvalue weighted by Gasteiger charge is 2.30. The van der Waals surface area contributed by atoms with Gasteiger partial charge in [-0.05, 0) is 26.2 Å². The van der Waals surface area contributed by atoms with E-state index in [0.29, 0.717) is 19.8 Å². The molecule has 0 unspecified atom stereocenters. The molecule has 1 aromatic rings. The van der Waals surface area contributed by atoms with Gasteiger partial charge in [-0.15, -0.1) is 0 Å². The van der Waals surface area contributed by atoms with Crippen LogP contribution in [0.3, 0.4) is 0 Å². The van der Waals surface area contributed by atoms with Crippen LogP contribution < -0.4 is 4.90 Å². The minimum absolute atomic E-state index is 0.0684. The summed E-state index contributed by atoms with van der Waals surface area (Å²) in [4.78, 5) is 28.2. The van der Waals surface area contributed by atoms with E-state index < -0.39 is 0 Å². The maximum absolute atomic E-state index is 12.7. The van der Waals surface area contributed by atoms with Crippen LogP contribution in [-0.4, -0.2) is 79.2 Å². The molecule has 25 heavy (non-hydrogen) atoms. The molecule has 3 heterocycles. The zero-order valence-corrected chi connectivity index (χ0v) is 15.6. The fraction of sp³-hybridized carbons (Fsp3) is 0.722. The van der Waals surface area contributed by atoms with Crippen molar-refractivity contribution in [2.45, 2.75) is 32.2 Å². The van der Waals surface area contributed by atoms with Crippen molar-refractivity contribution >= 4 is 11.7 Å². The first-order valence-electron chi connectivity index (χ1n) is 9.17. The molecule has 0 aliphatic carbocycles. The molecule has 2 fully saturated rings. The second-order valence-electron chi connectivity index (χ2n) is 7.12. The lowest BCUT2D eigenvalue weighted by Crippen LogP contribution is -2.48. The molecule has 0 aromatic carbocycles. The molecule has 0 N–H and O–H groups in total. The largest absolute Gasteiger partial charge is 0.378 e. The van der Waals surface area contributed by atoms with Crippen LogP contribution in [-0.2, 0) is 9.53 Å². The van der Waals surface area contributed by atoms with Crippen molar-refractivity contribution in [2.24, 2.45) is 0 Å². The summed E-state index contributed by atoms with van der Waals surface area (Å²) in [5.74, 6) is 1.84. The summed E-state index contributed by atoms with van der Waals surface area (Å²) in [6.45, 7) is 6.09. The van der Waals surface area contributed by atoms with Gasteiger partial charge in [-0.2, -0.15) is 0 Å². The van der Waals surface area contributed by atoms with Gasteiger partial charge < -0.3 is 14.5 Å². The van der Waals surface area contributed by atoms with Gasteiger partial charge in [0, 0.05) is 45.5 Å². The van der Waals surface area contributed by atoms with Crippen molar-refractivity contribution in [2.75, 3.05) is 58.4 Å². The van der Waals surface area contributed by atoms with Crippen molar-refractivity contribution < 1.29 is 9.53 Å². The number of aromatic nitrogens is 2. The highest BCUT2D eigenvalue weighted by atomic mass is 16.5. The first-order valence-corrected chi connectivity index (χ1v) is 9.17. The second-order valence-corrected chi connectivity index (χ2v) is 7.12. The van der Waals surface area contributed by atoms with Crippen LogP contribution >= 0.6 is 0 Å². The summed E-state index contributed by atoms with van der Waals surface area (Å²) >= 11 is 0. The summed E-state index contributed by atoms with van der Waals surface area (Å²) in [6.07, 6.45) is 3.46. The van der Waals surface area contributed by atoms with E-state index in [-0.39, 0.29) is 11.9 Å². The normalized spacial score (nSPS) is 22.0. The van der Waals surface area contributed by atoms with Crippen LogP contribution in [0, 0.1) is 6.92 Å². The highest BCUT2D eigenvalue weighted by Crippen LogP contribution is 2.24. The molecule has 0 bridgehead atoms. The summed E-state index contributed by atoms with van der Waals surface area (Å²) in [7, 11) is 3.95. The molecule has 2 saturated heterocycles. The van der Waals surface area contributed by atoms with Gasteiger partial charge in [0.15, 0.2) is 0 Å². The number of nitrogens with zero attached hydrogens (tertiary/aromatic N) is 5. The number of anilines is 1. The van der Waals surface area contributed by atoms with Gasteiger partial charge in [0.25, 0.3) is 0 Å². The number of aryl methyl sites for hydroxylation is 1. The van der Waals surface area contributed by atoms with Gasteiger partial charge in [0.2, 0.25) is 5.91 Å². The Kier molecular flexibility index (Phi) is 5.86. The van der Waals surface area contributed by atoms with E-state index in [1.165, 1.54) is 6.42 Å². The molecule has 1 atom stereocenters. The molecule has 0 saturated carbocycles. The summed E-state index contributed by atoms with van der Waals surface area (Å²) in [5, 5.41) is 0. The summed E-state index contributed by atoms with van der Waals surface area (Å²) in [6, 6.07) is 1.90. The highest BCUT2D eigenvalue weighted by molar-refractivity contribution is 5.78. The molecule has 0 spiro atoms. The van der Waals surface area contributed by atoms with Gasteiger partial charge >= 0.3 is 0 Å². The first kappa shape index (κ1) is 18.1. The Bertz CT molecular complexity index is 601. The van der Waals surface area contributed by atoms with Crippen molar-refractivity contribution in [1.29, 1.82) is 0 Å². The predicted octanol–water partition coefficient (Wildman–Crippen LogP) is 1.24. The smallest absolute Gasteiger partial charge is 0.236 e. The molecule has 2 aliphatic heterocycles. The fourth-order valence-electron chi connectivity index (χ4n) is 3.43. The number of morpholine rings is 1. The van der Waals surface area contributed by atoms with Crippen LogP contribution in [0.25, 0.3) is 0 Å². The summed E-state index contributed by atoms with van der Waals surface area (Å²) < 4.78 is 5.67. The van der Waals surface area contributed by atoms with Gasteiger partial charge in [-0.25, -0.2) is 9.97 Å². The first-order chi connectivity index (χ1) is 12.0. The Labute approximate surface area is 150 Å². The molecule has 1 aromatic heterocycles. The van der Waals surface area contributed by atoms with E-state index >= 15 is 0 Å².